The van der Waals surface area contributed by atoms with Crippen molar-refractivity contribution in [2.75, 3.05) is 0 Å². The summed E-state index contributed by atoms with van der Waals surface area (Å²) in [5.41, 5.74) is 2.37. The van der Waals surface area contributed by atoms with Crippen LogP contribution in [0.15, 0.2) is 77.8 Å². The molecule has 1 aromatic heterocycles. The Morgan fingerprint density at radius 3 is 2.41 bits per heavy atom. The van der Waals surface area contributed by atoms with Gasteiger partial charge in [0, 0.05) is 7.05 Å². The molecule has 3 aromatic carbocycles. The highest BCUT2D eigenvalue weighted by Gasteiger charge is 2.11. The van der Waals surface area contributed by atoms with E-state index in [0.29, 0.717) is 13.1 Å². The van der Waals surface area contributed by atoms with Gasteiger partial charge >= 0.3 is 0 Å². The Balaban J connectivity index is 0.00000289. The van der Waals surface area contributed by atoms with Gasteiger partial charge in [0.2, 0.25) is 0 Å². The van der Waals surface area contributed by atoms with E-state index in [4.69, 9.17) is 4.99 Å². The minimum Gasteiger partial charge on any atom is -0.350 e. The van der Waals surface area contributed by atoms with Gasteiger partial charge in [-0.2, -0.15) is 0 Å². The van der Waals surface area contributed by atoms with Crippen molar-refractivity contribution in [3.63, 3.8) is 0 Å². The zero-order valence-electron chi connectivity index (χ0n) is 18.6. The lowest BCUT2D eigenvalue weighted by atomic mass is 10.0. The average molecular weight is 540 g/mol. The van der Waals surface area contributed by atoms with Crippen molar-refractivity contribution in [2.24, 2.45) is 12.0 Å². The van der Waals surface area contributed by atoms with E-state index >= 15 is 0 Å². The standard InChI is InChI=1S/C25H28N6.HI/c1-18(22-14-13-21-11-7-8-12-23(21)15-22)28-25(26-16-20-9-5-4-6-10-20)27-17-24-30-29-19(2)31(24)3;/h4-15,18H,16-17H2,1-3H3,(H2,26,27,28);1H. The van der Waals surface area contributed by atoms with Gasteiger partial charge in [-0.05, 0) is 41.8 Å². The van der Waals surface area contributed by atoms with Crippen molar-refractivity contribution in [3.8, 4) is 0 Å². The summed E-state index contributed by atoms with van der Waals surface area (Å²) in [6.07, 6.45) is 0. The van der Waals surface area contributed by atoms with Gasteiger partial charge in [-0.1, -0.05) is 66.7 Å². The maximum atomic E-state index is 4.81. The number of halogens is 1. The highest BCUT2D eigenvalue weighted by atomic mass is 127. The number of hydrogen-bond acceptors (Lipinski definition) is 3. The number of aliphatic imine (C=N–C) groups is 1. The average Bonchev–Trinajstić information content (AvgIpc) is 3.13. The molecule has 1 heterocycles. The van der Waals surface area contributed by atoms with Gasteiger partial charge in [-0.25, -0.2) is 4.99 Å². The second-order valence-corrected chi connectivity index (χ2v) is 7.70. The molecule has 1 atom stereocenters. The zero-order valence-corrected chi connectivity index (χ0v) is 20.9. The molecular weight excluding hydrogens is 511 g/mol. The third-order valence-electron chi connectivity index (χ3n) is 5.49. The van der Waals surface area contributed by atoms with Crippen molar-refractivity contribution >= 4 is 40.7 Å². The molecule has 0 saturated carbocycles. The monoisotopic (exact) mass is 540 g/mol. The van der Waals surface area contributed by atoms with Crippen LogP contribution in [0.2, 0.25) is 0 Å². The van der Waals surface area contributed by atoms with Crippen LogP contribution in [-0.2, 0) is 20.1 Å². The summed E-state index contributed by atoms with van der Waals surface area (Å²) in [5, 5.41) is 17.8. The second kappa shape index (κ2) is 11.1. The number of aryl methyl sites for hydroxylation is 1. The Hall–Kier alpha value is -2.94. The first-order valence-electron chi connectivity index (χ1n) is 10.5. The fourth-order valence-corrected chi connectivity index (χ4v) is 3.44. The van der Waals surface area contributed by atoms with E-state index in [9.17, 15) is 0 Å². The van der Waals surface area contributed by atoms with Gasteiger partial charge in [-0.15, -0.1) is 34.2 Å². The lowest BCUT2D eigenvalue weighted by Gasteiger charge is -2.19. The van der Waals surface area contributed by atoms with Gasteiger partial charge in [0.15, 0.2) is 11.8 Å². The van der Waals surface area contributed by atoms with Crippen LogP contribution in [0.1, 0.15) is 35.7 Å². The van der Waals surface area contributed by atoms with Crippen LogP contribution in [0.3, 0.4) is 0 Å². The van der Waals surface area contributed by atoms with Gasteiger partial charge < -0.3 is 15.2 Å². The molecule has 32 heavy (non-hydrogen) atoms. The van der Waals surface area contributed by atoms with Crippen LogP contribution >= 0.6 is 24.0 Å². The van der Waals surface area contributed by atoms with Crippen LogP contribution in [0.4, 0.5) is 0 Å². The summed E-state index contributed by atoms with van der Waals surface area (Å²) in [6, 6.07) is 25.3. The normalized spacial score (nSPS) is 12.3. The van der Waals surface area contributed by atoms with E-state index < -0.39 is 0 Å². The van der Waals surface area contributed by atoms with Crippen molar-refractivity contribution in [3.05, 3.63) is 95.6 Å². The Labute approximate surface area is 206 Å². The van der Waals surface area contributed by atoms with E-state index in [0.717, 1.165) is 23.2 Å². The van der Waals surface area contributed by atoms with E-state index in [1.807, 2.05) is 36.7 Å². The predicted molar refractivity (Wildman–Crippen MR) is 141 cm³/mol. The molecule has 0 aliphatic heterocycles. The third-order valence-corrected chi connectivity index (χ3v) is 5.49. The largest absolute Gasteiger partial charge is 0.350 e. The maximum absolute atomic E-state index is 4.81. The summed E-state index contributed by atoms with van der Waals surface area (Å²) in [5.74, 6) is 2.49. The SMILES string of the molecule is Cc1nnc(CNC(=NCc2ccccc2)NC(C)c2ccc3ccccc3c2)n1C.I. The molecule has 0 spiro atoms. The van der Waals surface area contributed by atoms with E-state index in [1.54, 1.807) is 0 Å². The van der Waals surface area contributed by atoms with Crippen LogP contribution < -0.4 is 10.6 Å². The molecule has 0 aliphatic carbocycles. The quantitative estimate of drug-likeness (QED) is 0.208. The van der Waals surface area contributed by atoms with Crippen molar-refractivity contribution in [1.29, 1.82) is 0 Å². The summed E-state index contributed by atoms with van der Waals surface area (Å²) in [4.78, 5) is 4.81. The summed E-state index contributed by atoms with van der Waals surface area (Å²) in [7, 11) is 1.97. The van der Waals surface area contributed by atoms with E-state index in [1.165, 1.54) is 16.3 Å². The molecular formula is C25H29IN6. The Kier molecular flexibility index (Phi) is 8.21. The van der Waals surface area contributed by atoms with Crippen molar-refractivity contribution in [1.82, 2.24) is 25.4 Å². The predicted octanol–water partition coefficient (Wildman–Crippen LogP) is 4.89. The first-order valence-corrected chi connectivity index (χ1v) is 10.5. The molecule has 6 nitrogen and oxygen atoms in total. The molecule has 4 aromatic rings. The van der Waals surface area contributed by atoms with Crippen LogP contribution in [0.25, 0.3) is 10.8 Å². The molecule has 166 valence electrons. The molecule has 0 bridgehead atoms. The second-order valence-electron chi connectivity index (χ2n) is 7.70. The number of benzene rings is 3. The summed E-state index contributed by atoms with van der Waals surface area (Å²) in [6.45, 7) is 5.23. The highest BCUT2D eigenvalue weighted by Crippen LogP contribution is 2.20. The molecule has 0 radical (unpaired) electrons. The fourth-order valence-electron chi connectivity index (χ4n) is 3.44. The number of rotatable bonds is 6. The van der Waals surface area contributed by atoms with Gasteiger partial charge in [0.25, 0.3) is 0 Å². The minimum absolute atomic E-state index is 0. The molecule has 2 N–H and O–H groups in total. The fraction of sp³-hybridized carbons (Fsp3) is 0.240. The first-order chi connectivity index (χ1) is 15.1. The van der Waals surface area contributed by atoms with Gasteiger partial charge in [0.1, 0.15) is 5.82 Å². The number of guanidine groups is 1. The van der Waals surface area contributed by atoms with Crippen molar-refractivity contribution < 1.29 is 0 Å². The van der Waals surface area contributed by atoms with E-state index in [2.05, 4.69) is 82.4 Å². The molecule has 1 unspecified atom stereocenters. The molecule has 0 aliphatic rings. The van der Waals surface area contributed by atoms with Gasteiger partial charge in [0.05, 0.1) is 19.1 Å². The molecule has 0 saturated heterocycles. The van der Waals surface area contributed by atoms with Crippen LogP contribution in [0, 0.1) is 6.92 Å². The van der Waals surface area contributed by atoms with Crippen LogP contribution in [0.5, 0.6) is 0 Å². The first kappa shape index (κ1) is 23.7. The zero-order chi connectivity index (χ0) is 21.6. The maximum Gasteiger partial charge on any atom is 0.192 e. The smallest absolute Gasteiger partial charge is 0.192 e. The Morgan fingerprint density at radius 2 is 1.69 bits per heavy atom. The molecule has 0 fully saturated rings. The lowest BCUT2D eigenvalue weighted by molar-refractivity contribution is 0.664. The number of aromatic nitrogens is 3. The molecule has 7 heteroatoms. The summed E-state index contributed by atoms with van der Waals surface area (Å²) >= 11 is 0. The lowest BCUT2D eigenvalue weighted by Crippen LogP contribution is -2.39. The summed E-state index contributed by atoms with van der Waals surface area (Å²) < 4.78 is 1.98. The Morgan fingerprint density at radius 1 is 0.969 bits per heavy atom. The van der Waals surface area contributed by atoms with E-state index in [-0.39, 0.29) is 30.0 Å². The number of nitrogens with zero attached hydrogens (tertiary/aromatic N) is 4. The van der Waals surface area contributed by atoms with Crippen LogP contribution in [-0.4, -0.2) is 20.7 Å². The van der Waals surface area contributed by atoms with Crippen molar-refractivity contribution in [2.45, 2.75) is 33.0 Å². The van der Waals surface area contributed by atoms with Gasteiger partial charge in [-0.3, -0.25) is 0 Å². The molecule has 0 amide bonds. The third kappa shape index (κ3) is 5.85. The Bertz CT molecular complexity index is 1190. The number of nitrogens with one attached hydrogen (secondary N) is 2. The highest BCUT2D eigenvalue weighted by molar-refractivity contribution is 14.0. The minimum atomic E-state index is 0. The topological polar surface area (TPSA) is 67.1 Å². The number of hydrogen-bond donors (Lipinski definition) is 2. The molecule has 4 rings (SSSR count). The number of fused-ring (bicyclic) bond motifs is 1.